The Kier molecular flexibility index (Phi) is 4.24. The van der Waals surface area contributed by atoms with Crippen molar-refractivity contribution < 1.29 is 9.53 Å². The van der Waals surface area contributed by atoms with E-state index in [0.29, 0.717) is 5.92 Å². The van der Waals surface area contributed by atoms with Crippen molar-refractivity contribution in [3.8, 4) is 0 Å². The lowest BCUT2D eigenvalue weighted by molar-refractivity contribution is 0.0205. The molecule has 0 unspecified atom stereocenters. The summed E-state index contributed by atoms with van der Waals surface area (Å²) in [5.74, 6) is 0.498. The molecule has 1 aliphatic heterocycles. The highest BCUT2D eigenvalue weighted by atomic mass is 16.6. The fraction of sp³-hybridized carbons (Fsp3) is 0.474. The van der Waals surface area contributed by atoms with Gasteiger partial charge >= 0.3 is 6.09 Å². The Balaban J connectivity index is 1.65. The molecule has 1 saturated heterocycles. The van der Waals surface area contributed by atoms with E-state index >= 15 is 0 Å². The van der Waals surface area contributed by atoms with Crippen LogP contribution in [0.15, 0.2) is 36.5 Å². The largest absolute Gasteiger partial charge is 0.444 e. The van der Waals surface area contributed by atoms with Crippen LogP contribution in [0.25, 0.3) is 10.9 Å². The van der Waals surface area contributed by atoms with Crippen molar-refractivity contribution in [2.24, 2.45) is 0 Å². The van der Waals surface area contributed by atoms with Crippen LogP contribution in [0.1, 0.15) is 45.1 Å². The fourth-order valence-electron chi connectivity index (χ4n) is 3.07. The molecule has 2 heterocycles. The summed E-state index contributed by atoms with van der Waals surface area (Å²) in [4.78, 5) is 18.3. The Bertz CT molecular complexity index is 698. The Morgan fingerprint density at radius 2 is 1.96 bits per heavy atom. The van der Waals surface area contributed by atoms with Crippen LogP contribution >= 0.6 is 0 Å². The van der Waals surface area contributed by atoms with Crippen molar-refractivity contribution in [1.82, 2.24) is 9.88 Å². The number of hydrogen-bond acceptors (Lipinski definition) is 3. The molecule has 23 heavy (non-hydrogen) atoms. The number of nitrogens with zero attached hydrogens (tertiary/aromatic N) is 2. The van der Waals surface area contributed by atoms with E-state index in [1.807, 2.05) is 37.9 Å². The van der Waals surface area contributed by atoms with Crippen molar-refractivity contribution in [2.75, 3.05) is 13.1 Å². The molecule has 0 N–H and O–H groups in total. The predicted octanol–water partition coefficient (Wildman–Crippen LogP) is 4.35. The van der Waals surface area contributed by atoms with Gasteiger partial charge in [0.25, 0.3) is 0 Å². The van der Waals surface area contributed by atoms with Gasteiger partial charge in [-0.05, 0) is 63.3 Å². The number of amides is 1. The van der Waals surface area contributed by atoms with E-state index in [4.69, 9.17) is 4.74 Å². The van der Waals surface area contributed by atoms with Gasteiger partial charge in [0.2, 0.25) is 0 Å². The van der Waals surface area contributed by atoms with Crippen LogP contribution in [0.5, 0.6) is 0 Å². The summed E-state index contributed by atoms with van der Waals surface area (Å²) >= 11 is 0. The Morgan fingerprint density at radius 1 is 1.22 bits per heavy atom. The molecule has 0 bridgehead atoms. The van der Waals surface area contributed by atoms with E-state index in [1.54, 1.807) is 0 Å². The van der Waals surface area contributed by atoms with Gasteiger partial charge in [0.15, 0.2) is 0 Å². The number of piperidine rings is 1. The first-order valence-corrected chi connectivity index (χ1v) is 8.25. The summed E-state index contributed by atoms with van der Waals surface area (Å²) in [6.07, 6.45) is 3.58. The number of fused-ring (bicyclic) bond motifs is 1. The number of aromatic nitrogens is 1. The Morgan fingerprint density at radius 3 is 2.65 bits per heavy atom. The molecule has 1 amide bonds. The van der Waals surface area contributed by atoms with Crippen molar-refractivity contribution in [3.63, 3.8) is 0 Å². The summed E-state index contributed by atoms with van der Waals surface area (Å²) in [5.41, 5.74) is 1.94. The average Bonchev–Trinajstić information content (AvgIpc) is 2.53. The van der Waals surface area contributed by atoms with Gasteiger partial charge in [0, 0.05) is 24.7 Å². The number of hydrogen-bond donors (Lipinski definition) is 0. The third-order valence-electron chi connectivity index (χ3n) is 4.25. The van der Waals surface area contributed by atoms with E-state index in [2.05, 4.69) is 29.2 Å². The van der Waals surface area contributed by atoms with Gasteiger partial charge in [-0.1, -0.05) is 12.1 Å². The molecule has 3 rings (SSSR count). The highest BCUT2D eigenvalue weighted by Gasteiger charge is 2.27. The summed E-state index contributed by atoms with van der Waals surface area (Å²) in [7, 11) is 0. The molecule has 0 saturated carbocycles. The third kappa shape index (κ3) is 3.81. The normalized spacial score (nSPS) is 16.6. The fourth-order valence-corrected chi connectivity index (χ4v) is 3.07. The highest BCUT2D eigenvalue weighted by Crippen LogP contribution is 2.30. The highest BCUT2D eigenvalue weighted by molar-refractivity contribution is 5.79. The second kappa shape index (κ2) is 6.19. The van der Waals surface area contributed by atoms with E-state index in [0.717, 1.165) is 31.4 Å². The van der Waals surface area contributed by atoms with Crippen molar-refractivity contribution in [3.05, 3.63) is 42.1 Å². The lowest BCUT2D eigenvalue weighted by Gasteiger charge is -2.33. The first-order valence-electron chi connectivity index (χ1n) is 8.25. The van der Waals surface area contributed by atoms with Gasteiger partial charge in [0.1, 0.15) is 5.60 Å². The van der Waals surface area contributed by atoms with Crippen LogP contribution in [0.3, 0.4) is 0 Å². The van der Waals surface area contributed by atoms with Crippen LogP contribution in [0.2, 0.25) is 0 Å². The van der Waals surface area contributed by atoms with Gasteiger partial charge in [-0.3, -0.25) is 4.98 Å². The standard InChI is InChI=1S/C19H24N2O2/c1-19(2,3)23-18(22)21-11-8-14(9-12-21)15-6-7-17-16(13-15)5-4-10-20-17/h4-7,10,13-14H,8-9,11-12H2,1-3H3. The molecule has 0 spiro atoms. The number of likely N-dealkylation sites (tertiary alicyclic amines) is 1. The van der Waals surface area contributed by atoms with Gasteiger partial charge in [0.05, 0.1) is 5.52 Å². The quantitative estimate of drug-likeness (QED) is 0.786. The van der Waals surface area contributed by atoms with E-state index < -0.39 is 5.60 Å². The maximum atomic E-state index is 12.1. The van der Waals surface area contributed by atoms with Gasteiger partial charge < -0.3 is 9.64 Å². The molecule has 2 aromatic rings. The second-order valence-corrected chi connectivity index (χ2v) is 7.20. The molecule has 1 fully saturated rings. The van der Waals surface area contributed by atoms with Crippen molar-refractivity contribution in [1.29, 1.82) is 0 Å². The van der Waals surface area contributed by atoms with Gasteiger partial charge in [-0.25, -0.2) is 4.79 Å². The molecule has 122 valence electrons. The number of pyridine rings is 1. The Hall–Kier alpha value is -2.10. The SMILES string of the molecule is CC(C)(C)OC(=O)N1CCC(c2ccc3ncccc3c2)CC1. The number of rotatable bonds is 1. The zero-order chi connectivity index (χ0) is 16.4. The number of carbonyl (C=O) groups excluding carboxylic acids is 1. The van der Waals surface area contributed by atoms with Crippen LogP contribution in [-0.4, -0.2) is 34.7 Å². The Labute approximate surface area is 137 Å². The minimum absolute atomic E-state index is 0.196. The van der Waals surface area contributed by atoms with Crippen LogP contribution < -0.4 is 0 Å². The monoisotopic (exact) mass is 312 g/mol. The maximum Gasteiger partial charge on any atom is 0.410 e. The first kappa shape index (κ1) is 15.8. The summed E-state index contributed by atoms with van der Waals surface area (Å²) in [6, 6.07) is 10.6. The molecule has 0 atom stereocenters. The molecule has 1 aromatic carbocycles. The van der Waals surface area contributed by atoms with E-state index in [9.17, 15) is 4.79 Å². The van der Waals surface area contributed by atoms with E-state index in [-0.39, 0.29) is 6.09 Å². The predicted molar refractivity (Wildman–Crippen MR) is 91.5 cm³/mol. The van der Waals surface area contributed by atoms with E-state index in [1.165, 1.54) is 10.9 Å². The lowest BCUT2D eigenvalue weighted by atomic mass is 9.89. The first-order chi connectivity index (χ1) is 10.9. The number of ether oxygens (including phenoxy) is 1. The minimum atomic E-state index is -0.431. The zero-order valence-electron chi connectivity index (χ0n) is 14.1. The summed E-state index contributed by atoms with van der Waals surface area (Å²) in [5, 5.41) is 1.18. The molecule has 4 heteroatoms. The smallest absolute Gasteiger partial charge is 0.410 e. The molecular weight excluding hydrogens is 288 g/mol. The summed E-state index contributed by atoms with van der Waals surface area (Å²) < 4.78 is 5.45. The van der Waals surface area contributed by atoms with Crippen molar-refractivity contribution >= 4 is 17.0 Å². The van der Waals surface area contributed by atoms with Crippen LogP contribution in [-0.2, 0) is 4.74 Å². The number of benzene rings is 1. The second-order valence-electron chi connectivity index (χ2n) is 7.20. The molecule has 0 radical (unpaired) electrons. The third-order valence-corrected chi connectivity index (χ3v) is 4.25. The topological polar surface area (TPSA) is 42.4 Å². The van der Waals surface area contributed by atoms with Gasteiger partial charge in [-0.15, -0.1) is 0 Å². The van der Waals surface area contributed by atoms with Crippen LogP contribution in [0, 0.1) is 0 Å². The van der Waals surface area contributed by atoms with Crippen molar-refractivity contribution in [2.45, 2.75) is 45.1 Å². The minimum Gasteiger partial charge on any atom is -0.444 e. The maximum absolute atomic E-state index is 12.1. The lowest BCUT2D eigenvalue weighted by Crippen LogP contribution is -2.41. The molecule has 4 nitrogen and oxygen atoms in total. The molecule has 1 aromatic heterocycles. The summed E-state index contributed by atoms with van der Waals surface area (Å²) in [6.45, 7) is 7.22. The molecule has 0 aliphatic carbocycles. The number of carbonyl (C=O) groups is 1. The van der Waals surface area contributed by atoms with Gasteiger partial charge in [-0.2, -0.15) is 0 Å². The molecular formula is C19H24N2O2. The molecule has 1 aliphatic rings. The van der Waals surface area contributed by atoms with Crippen LogP contribution in [0.4, 0.5) is 4.79 Å². The average molecular weight is 312 g/mol. The zero-order valence-corrected chi connectivity index (χ0v) is 14.1.